The van der Waals surface area contributed by atoms with Crippen molar-refractivity contribution in [2.24, 2.45) is 0 Å². The van der Waals surface area contributed by atoms with E-state index >= 15 is 0 Å². The van der Waals surface area contributed by atoms with E-state index in [0.29, 0.717) is 0 Å². The minimum Gasteiger partial charge on any atom is -0.496 e. The number of hydrogen-bond donors (Lipinski definition) is 0. The average Bonchev–Trinajstić information content (AvgIpc) is 2.71. The van der Waals surface area contributed by atoms with Crippen molar-refractivity contribution in [1.82, 2.24) is 4.31 Å². The molecule has 3 heteroatoms. The van der Waals surface area contributed by atoms with Crippen LogP contribution in [0.3, 0.4) is 0 Å². The van der Waals surface area contributed by atoms with Gasteiger partial charge in [-0.3, -0.25) is 0 Å². The smallest absolute Gasteiger partial charge is 0.121 e. The fourth-order valence-electron chi connectivity index (χ4n) is 1.84. The molecule has 0 unspecified atom stereocenters. The lowest BCUT2D eigenvalue weighted by Gasteiger charge is -2.14. The molecule has 0 saturated carbocycles. The molecule has 1 fully saturated rings. The minimum absolute atomic E-state index is 0.973. The van der Waals surface area contributed by atoms with Gasteiger partial charge in [0.1, 0.15) is 5.75 Å². The van der Waals surface area contributed by atoms with Crippen LogP contribution in [0.15, 0.2) is 23.1 Å². The van der Waals surface area contributed by atoms with Crippen molar-refractivity contribution in [3.63, 3.8) is 0 Å². The number of rotatable bonds is 3. The van der Waals surface area contributed by atoms with E-state index in [9.17, 15) is 0 Å². The van der Waals surface area contributed by atoms with Crippen LogP contribution in [0.5, 0.6) is 5.75 Å². The van der Waals surface area contributed by atoms with Crippen molar-refractivity contribution in [2.45, 2.75) is 24.7 Å². The molecule has 1 heterocycles. The molecule has 0 aliphatic carbocycles. The average molecular weight is 223 g/mol. The van der Waals surface area contributed by atoms with Gasteiger partial charge in [-0.15, -0.1) is 0 Å². The zero-order valence-electron chi connectivity index (χ0n) is 9.32. The Morgan fingerprint density at radius 1 is 1.27 bits per heavy atom. The molecule has 15 heavy (non-hydrogen) atoms. The van der Waals surface area contributed by atoms with Crippen LogP contribution >= 0.6 is 11.9 Å². The van der Waals surface area contributed by atoms with Gasteiger partial charge in [-0.2, -0.15) is 0 Å². The molecule has 1 aromatic carbocycles. The summed E-state index contributed by atoms with van der Waals surface area (Å²) < 4.78 is 7.68. The van der Waals surface area contributed by atoms with E-state index in [4.69, 9.17) is 4.74 Å². The van der Waals surface area contributed by atoms with E-state index in [1.54, 1.807) is 7.11 Å². The van der Waals surface area contributed by atoms with E-state index in [2.05, 4.69) is 23.4 Å². The van der Waals surface area contributed by atoms with Gasteiger partial charge in [0, 0.05) is 18.0 Å². The summed E-state index contributed by atoms with van der Waals surface area (Å²) in [5, 5.41) is 0. The molecule has 2 rings (SSSR count). The molecule has 1 saturated heterocycles. The Balaban J connectivity index is 2.05. The Labute approximate surface area is 95.7 Å². The summed E-state index contributed by atoms with van der Waals surface area (Å²) in [7, 11) is 1.72. The van der Waals surface area contributed by atoms with Crippen LogP contribution in [0.25, 0.3) is 0 Å². The second-order valence-electron chi connectivity index (χ2n) is 3.86. The number of hydrogen-bond acceptors (Lipinski definition) is 3. The molecule has 0 N–H and O–H groups in total. The van der Waals surface area contributed by atoms with Gasteiger partial charge in [-0.25, -0.2) is 4.31 Å². The number of aryl methyl sites for hydroxylation is 1. The first kappa shape index (κ1) is 10.8. The topological polar surface area (TPSA) is 12.5 Å². The quantitative estimate of drug-likeness (QED) is 0.731. The number of methoxy groups -OCH3 is 1. The first-order valence-electron chi connectivity index (χ1n) is 5.37. The van der Waals surface area contributed by atoms with E-state index in [-0.39, 0.29) is 0 Å². The molecule has 0 radical (unpaired) electrons. The maximum absolute atomic E-state index is 5.25. The highest BCUT2D eigenvalue weighted by atomic mass is 32.2. The van der Waals surface area contributed by atoms with Crippen LogP contribution < -0.4 is 4.74 Å². The summed E-state index contributed by atoms with van der Waals surface area (Å²) in [6.07, 6.45) is 2.67. The zero-order chi connectivity index (χ0) is 10.7. The predicted octanol–water partition coefficient (Wildman–Crippen LogP) is 3.11. The molecule has 0 spiro atoms. The molecule has 1 aliphatic rings. The highest BCUT2D eigenvalue weighted by molar-refractivity contribution is 7.97. The van der Waals surface area contributed by atoms with Gasteiger partial charge in [0.15, 0.2) is 0 Å². The first-order valence-corrected chi connectivity index (χ1v) is 6.14. The van der Waals surface area contributed by atoms with Crippen molar-refractivity contribution < 1.29 is 4.74 Å². The van der Waals surface area contributed by atoms with E-state index in [1.165, 1.54) is 36.4 Å². The van der Waals surface area contributed by atoms with Crippen LogP contribution in [0.2, 0.25) is 0 Å². The zero-order valence-corrected chi connectivity index (χ0v) is 10.1. The van der Waals surface area contributed by atoms with Gasteiger partial charge in [0.05, 0.1) is 7.11 Å². The number of ether oxygens (including phenoxy) is 1. The van der Waals surface area contributed by atoms with Crippen molar-refractivity contribution in [3.05, 3.63) is 23.8 Å². The highest BCUT2D eigenvalue weighted by Crippen LogP contribution is 2.29. The predicted molar refractivity (Wildman–Crippen MR) is 64.4 cm³/mol. The van der Waals surface area contributed by atoms with E-state index < -0.39 is 0 Å². The van der Waals surface area contributed by atoms with E-state index in [0.717, 1.165) is 5.75 Å². The van der Waals surface area contributed by atoms with Gasteiger partial charge in [0.2, 0.25) is 0 Å². The second-order valence-corrected chi connectivity index (χ2v) is 5.03. The summed E-state index contributed by atoms with van der Waals surface area (Å²) in [6.45, 7) is 4.53. The van der Waals surface area contributed by atoms with Gasteiger partial charge in [0.25, 0.3) is 0 Å². The monoisotopic (exact) mass is 223 g/mol. The SMILES string of the molecule is COc1ccc(SN2CCCC2)cc1C. The van der Waals surface area contributed by atoms with Crippen LogP contribution in [0.4, 0.5) is 0 Å². The second kappa shape index (κ2) is 4.90. The van der Waals surface area contributed by atoms with Crippen LogP contribution in [-0.2, 0) is 0 Å². The normalized spacial score (nSPS) is 16.9. The van der Waals surface area contributed by atoms with Gasteiger partial charge < -0.3 is 4.74 Å². The molecule has 0 atom stereocenters. The van der Waals surface area contributed by atoms with Gasteiger partial charge in [-0.05, 0) is 55.5 Å². The summed E-state index contributed by atoms with van der Waals surface area (Å²) in [5.74, 6) is 0.973. The molecule has 1 aromatic rings. The summed E-state index contributed by atoms with van der Waals surface area (Å²) in [6, 6.07) is 6.38. The Morgan fingerprint density at radius 2 is 2.00 bits per heavy atom. The molecule has 0 aromatic heterocycles. The van der Waals surface area contributed by atoms with Crippen LogP contribution in [-0.4, -0.2) is 24.5 Å². The summed E-state index contributed by atoms with van der Waals surface area (Å²) in [4.78, 5) is 1.32. The van der Waals surface area contributed by atoms with Gasteiger partial charge >= 0.3 is 0 Å². The lowest BCUT2D eigenvalue weighted by atomic mass is 10.2. The maximum atomic E-state index is 5.25. The molecule has 2 nitrogen and oxygen atoms in total. The lowest BCUT2D eigenvalue weighted by molar-refractivity contribution is 0.411. The molecule has 0 amide bonds. The molecular weight excluding hydrogens is 206 g/mol. The highest BCUT2D eigenvalue weighted by Gasteiger charge is 2.13. The standard InChI is InChI=1S/C12H17NOS/c1-10-9-11(5-6-12(10)14-2)15-13-7-3-4-8-13/h5-6,9H,3-4,7-8H2,1-2H3. The van der Waals surface area contributed by atoms with Crippen molar-refractivity contribution >= 4 is 11.9 Å². The third-order valence-electron chi connectivity index (χ3n) is 2.67. The Kier molecular flexibility index (Phi) is 3.54. The maximum Gasteiger partial charge on any atom is 0.121 e. The Bertz CT molecular complexity index is 334. The first-order chi connectivity index (χ1) is 7.29. The summed E-state index contributed by atoms with van der Waals surface area (Å²) >= 11 is 1.86. The molecule has 1 aliphatic heterocycles. The van der Waals surface area contributed by atoms with Crippen molar-refractivity contribution in [3.8, 4) is 5.75 Å². The van der Waals surface area contributed by atoms with Crippen molar-refractivity contribution in [1.29, 1.82) is 0 Å². The van der Waals surface area contributed by atoms with Crippen molar-refractivity contribution in [2.75, 3.05) is 20.2 Å². The molecule has 0 bridgehead atoms. The lowest BCUT2D eigenvalue weighted by Crippen LogP contribution is -2.08. The fourth-order valence-corrected chi connectivity index (χ4v) is 2.93. The summed E-state index contributed by atoms with van der Waals surface area (Å²) in [5.41, 5.74) is 1.21. The minimum atomic E-state index is 0.973. The third-order valence-corrected chi connectivity index (χ3v) is 3.75. The fraction of sp³-hybridized carbons (Fsp3) is 0.500. The third kappa shape index (κ3) is 2.67. The molecular formula is C12H17NOS. The number of nitrogens with zero attached hydrogens (tertiary/aromatic N) is 1. The van der Waals surface area contributed by atoms with Crippen LogP contribution in [0, 0.1) is 6.92 Å². The van der Waals surface area contributed by atoms with Crippen LogP contribution in [0.1, 0.15) is 18.4 Å². The van der Waals surface area contributed by atoms with Gasteiger partial charge in [-0.1, -0.05) is 0 Å². The Morgan fingerprint density at radius 3 is 2.60 bits per heavy atom. The van der Waals surface area contributed by atoms with E-state index in [1.807, 2.05) is 18.0 Å². The Hall–Kier alpha value is -0.670. The number of benzene rings is 1. The largest absolute Gasteiger partial charge is 0.496 e. The molecule has 82 valence electrons.